The average molecular weight is 378 g/mol. The van der Waals surface area contributed by atoms with Gasteiger partial charge in [-0.2, -0.15) is 0 Å². The minimum atomic E-state index is 1.20. The zero-order valence-corrected chi connectivity index (χ0v) is 16.1. The van der Waals surface area contributed by atoms with E-state index in [1.165, 1.54) is 42.7 Å². The van der Waals surface area contributed by atoms with Crippen molar-refractivity contribution in [1.82, 2.24) is 0 Å². The van der Waals surface area contributed by atoms with Crippen molar-refractivity contribution in [2.45, 2.75) is 9.79 Å². The molecule has 0 saturated carbocycles. The second-order valence-electron chi connectivity index (χ2n) is 6.77. The highest BCUT2D eigenvalue weighted by Gasteiger charge is 2.13. The first kappa shape index (κ1) is 16.9. The van der Waals surface area contributed by atoms with Crippen LogP contribution in [0.25, 0.3) is 21.5 Å². The van der Waals surface area contributed by atoms with Gasteiger partial charge in [0, 0.05) is 9.79 Å². The van der Waals surface area contributed by atoms with Gasteiger partial charge < -0.3 is 5.32 Å². The van der Waals surface area contributed by atoms with Gasteiger partial charge in [-0.1, -0.05) is 84.6 Å². The quantitative estimate of drug-likeness (QED) is 0.270. The maximum Gasteiger partial charge on any atom is 0.0526 e. The highest BCUT2D eigenvalue weighted by molar-refractivity contribution is 7.99. The van der Waals surface area contributed by atoms with E-state index in [0.29, 0.717) is 0 Å². The van der Waals surface area contributed by atoms with Gasteiger partial charge in [-0.25, -0.2) is 0 Å². The molecule has 6 rings (SSSR count). The first-order valence-electron chi connectivity index (χ1n) is 9.37. The monoisotopic (exact) mass is 377 g/mol. The molecule has 0 bridgehead atoms. The zero-order chi connectivity index (χ0) is 18.8. The van der Waals surface area contributed by atoms with Gasteiger partial charge in [-0.05, 0) is 57.9 Å². The molecule has 0 aromatic heterocycles. The van der Waals surface area contributed by atoms with Crippen LogP contribution in [0.3, 0.4) is 0 Å². The largest absolute Gasteiger partial charge is 0.354 e. The summed E-state index contributed by atoms with van der Waals surface area (Å²) in [6.07, 6.45) is 0. The maximum atomic E-state index is 3.42. The summed E-state index contributed by atoms with van der Waals surface area (Å²) in [6, 6.07) is 38.2. The molecule has 1 aliphatic heterocycles. The average Bonchev–Trinajstić information content (AvgIpc) is 2.76. The van der Waals surface area contributed by atoms with E-state index in [9.17, 15) is 0 Å². The smallest absolute Gasteiger partial charge is 0.0526 e. The molecule has 0 atom stereocenters. The lowest BCUT2D eigenvalue weighted by Gasteiger charge is -2.19. The number of para-hydroxylation sites is 2. The van der Waals surface area contributed by atoms with Crippen molar-refractivity contribution in [3.05, 3.63) is 109 Å². The summed E-state index contributed by atoms with van der Waals surface area (Å²) in [5.74, 6) is 0. The molecule has 1 nitrogen and oxygen atoms in total. The van der Waals surface area contributed by atoms with E-state index in [1.807, 2.05) is 11.8 Å². The SMILES string of the molecule is c1ccc2c(c1)Nc1ccccc1S2.c1ccc2cc3ccccc3cc2c1. The minimum absolute atomic E-state index is 1.20. The van der Waals surface area contributed by atoms with Crippen LogP contribution in [0.4, 0.5) is 11.4 Å². The van der Waals surface area contributed by atoms with Crippen molar-refractivity contribution in [3.63, 3.8) is 0 Å². The van der Waals surface area contributed by atoms with Gasteiger partial charge in [-0.15, -0.1) is 0 Å². The lowest BCUT2D eigenvalue weighted by atomic mass is 10.0. The molecule has 0 radical (unpaired) electrons. The molecule has 0 unspecified atom stereocenters. The number of rotatable bonds is 0. The first-order valence-corrected chi connectivity index (χ1v) is 10.2. The highest BCUT2D eigenvalue weighted by Crippen LogP contribution is 2.43. The fraction of sp³-hybridized carbons (Fsp3) is 0. The van der Waals surface area contributed by atoms with Gasteiger partial charge in [0.15, 0.2) is 0 Å². The molecule has 1 N–H and O–H groups in total. The highest BCUT2D eigenvalue weighted by atomic mass is 32.2. The third-order valence-electron chi connectivity index (χ3n) is 4.88. The third kappa shape index (κ3) is 3.35. The Morgan fingerprint density at radius 1 is 0.429 bits per heavy atom. The lowest BCUT2D eigenvalue weighted by Crippen LogP contribution is -1.98. The van der Waals surface area contributed by atoms with Crippen molar-refractivity contribution in [1.29, 1.82) is 0 Å². The fourth-order valence-electron chi connectivity index (χ4n) is 3.46. The number of benzene rings is 5. The van der Waals surface area contributed by atoms with Gasteiger partial charge in [0.1, 0.15) is 0 Å². The molecule has 2 heteroatoms. The van der Waals surface area contributed by atoms with Crippen LogP contribution in [0.2, 0.25) is 0 Å². The van der Waals surface area contributed by atoms with Crippen LogP contribution in [0.1, 0.15) is 0 Å². The van der Waals surface area contributed by atoms with E-state index in [4.69, 9.17) is 0 Å². The second-order valence-corrected chi connectivity index (χ2v) is 7.85. The van der Waals surface area contributed by atoms with Gasteiger partial charge in [0.25, 0.3) is 0 Å². The third-order valence-corrected chi connectivity index (χ3v) is 6.03. The Morgan fingerprint density at radius 3 is 1.21 bits per heavy atom. The van der Waals surface area contributed by atoms with Gasteiger partial charge in [0.2, 0.25) is 0 Å². The summed E-state index contributed by atoms with van der Waals surface area (Å²) in [4.78, 5) is 2.59. The Labute approximate surface area is 169 Å². The van der Waals surface area contributed by atoms with Gasteiger partial charge in [-0.3, -0.25) is 0 Å². The minimum Gasteiger partial charge on any atom is -0.354 e. The summed E-state index contributed by atoms with van der Waals surface area (Å²) in [5, 5.41) is 8.66. The standard InChI is InChI=1S/C14H10.C12H9NS/c1-2-6-12-10-14-8-4-3-7-13(14)9-11(12)5-1;1-3-7-11-9(5-1)13-10-6-2-4-8-12(10)14-11/h1-10H;1-8,13H. The molecular formula is C26H19NS. The Balaban J connectivity index is 0.000000122. The fourth-order valence-corrected chi connectivity index (χ4v) is 4.45. The molecule has 0 amide bonds. The summed E-state index contributed by atoms with van der Waals surface area (Å²) < 4.78 is 0. The van der Waals surface area contributed by atoms with Crippen LogP contribution >= 0.6 is 11.8 Å². The maximum absolute atomic E-state index is 3.42. The topological polar surface area (TPSA) is 12.0 Å². The molecule has 1 aliphatic rings. The lowest BCUT2D eigenvalue weighted by molar-refractivity contribution is 1.32. The van der Waals surface area contributed by atoms with Crippen LogP contribution in [-0.4, -0.2) is 0 Å². The number of nitrogens with one attached hydrogen (secondary N) is 1. The summed E-state index contributed by atoms with van der Waals surface area (Å²) in [6.45, 7) is 0. The zero-order valence-electron chi connectivity index (χ0n) is 15.3. The summed E-state index contributed by atoms with van der Waals surface area (Å²) in [5.41, 5.74) is 2.41. The van der Waals surface area contributed by atoms with Crippen molar-refractivity contribution < 1.29 is 0 Å². The predicted octanol–water partition coefficient (Wildman–Crippen LogP) is 7.89. The molecule has 0 saturated heterocycles. The molecule has 0 fully saturated rings. The molecule has 0 spiro atoms. The predicted molar refractivity (Wildman–Crippen MR) is 122 cm³/mol. The van der Waals surface area contributed by atoms with E-state index in [-0.39, 0.29) is 0 Å². The van der Waals surface area contributed by atoms with Gasteiger partial charge >= 0.3 is 0 Å². The normalized spacial score (nSPS) is 11.7. The van der Waals surface area contributed by atoms with E-state index in [2.05, 4.69) is 115 Å². The first-order chi connectivity index (χ1) is 13.9. The van der Waals surface area contributed by atoms with Crippen molar-refractivity contribution >= 4 is 44.7 Å². The number of anilines is 2. The van der Waals surface area contributed by atoms with Crippen LogP contribution in [0.15, 0.2) is 119 Å². The van der Waals surface area contributed by atoms with Crippen LogP contribution < -0.4 is 5.32 Å². The van der Waals surface area contributed by atoms with Crippen molar-refractivity contribution in [2.24, 2.45) is 0 Å². The summed E-state index contributed by atoms with van der Waals surface area (Å²) in [7, 11) is 0. The molecular weight excluding hydrogens is 358 g/mol. The number of hydrogen-bond acceptors (Lipinski definition) is 2. The Kier molecular flexibility index (Phi) is 4.48. The second kappa shape index (κ2) is 7.41. The molecule has 0 aliphatic carbocycles. The summed E-state index contributed by atoms with van der Waals surface area (Å²) >= 11 is 1.82. The Morgan fingerprint density at radius 2 is 0.786 bits per heavy atom. The van der Waals surface area contributed by atoms with Crippen LogP contribution in [0.5, 0.6) is 0 Å². The van der Waals surface area contributed by atoms with E-state index in [0.717, 1.165) is 0 Å². The molecule has 5 aromatic carbocycles. The number of fused-ring (bicyclic) bond motifs is 4. The molecule has 5 aromatic rings. The van der Waals surface area contributed by atoms with Crippen LogP contribution in [0, 0.1) is 0 Å². The van der Waals surface area contributed by atoms with Crippen LogP contribution in [-0.2, 0) is 0 Å². The van der Waals surface area contributed by atoms with Gasteiger partial charge in [0.05, 0.1) is 11.4 Å². The van der Waals surface area contributed by atoms with Crippen molar-refractivity contribution in [2.75, 3.05) is 5.32 Å². The molecule has 1 heterocycles. The Bertz CT molecular complexity index is 1080. The van der Waals surface area contributed by atoms with E-state index < -0.39 is 0 Å². The number of hydrogen-bond donors (Lipinski definition) is 1. The molecule has 28 heavy (non-hydrogen) atoms. The van der Waals surface area contributed by atoms with Crippen molar-refractivity contribution in [3.8, 4) is 0 Å². The molecule has 134 valence electrons. The Hall–Kier alpha value is -3.23. The van der Waals surface area contributed by atoms with E-state index >= 15 is 0 Å². The van der Waals surface area contributed by atoms with E-state index in [1.54, 1.807) is 0 Å².